The Bertz CT molecular complexity index is 1390. The van der Waals surface area contributed by atoms with Gasteiger partial charge in [0, 0.05) is 39.3 Å². The quantitative estimate of drug-likeness (QED) is 0.176. The number of carbonyl (C=O) groups is 2. The maximum Gasteiger partial charge on any atom is 0.269 e. The van der Waals surface area contributed by atoms with E-state index in [-0.39, 0.29) is 22.0 Å². The van der Waals surface area contributed by atoms with Gasteiger partial charge in [-0.15, -0.1) is 23.2 Å². The van der Waals surface area contributed by atoms with Crippen molar-refractivity contribution in [3.8, 4) is 0 Å². The molecule has 36 heavy (non-hydrogen) atoms. The molecule has 2 N–H and O–H groups in total. The number of benzene rings is 3. The third kappa shape index (κ3) is 5.41. The van der Waals surface area contributed by atoms with Gasteiger partial charge in [0.25, 0.3) is 11.6 Å². The summed E-state index contributed by atoms with van der Waals surface area (Å²) in [6.45, 7) is 1.59. The number of rotatable bonds is 6. The molecule has 1 fully saturated rings. The molecule has 186 valence electrons. The summed E-state index contributed by atoms with van der Waals surface area (Å²) in [6.07, 6.45) is 0. The van der Waals surface area contributed by atoms with E-state index in [1.807, 2.05) is 0 Å². The normalized spacial score (nSPS) is 17.8. The number of anilines is 2. The number of hydrogen-bond donors (Lipinski definition) is 2. The summed E-state index contributed by atoms with van der Waals surface area (Å²) in [5.41, 5.74) is 1.75. The SMILES string of the molecule is Cc1cc([N+](=O)[O-])ccc1C(=O)Nc1cc(NC(=O)C2C(c3cc(Cl)cc(Cl)c3)C2(Cl)Cl)ccc1Cl. The standard InChI is InChI=1S/C24H16Cl5N3O4/c1-11-6-16(32(35)36)3-4-17(11)22(33)31-19-10-15(2-5-18(19)27)30-23(34)21-20(24(21,28)29)12-7-13(25)9-14(26)8-12/h2-10,20-21H,1H3,(H,30,34)(H,31,33). The number of nitrogens with one attached hydrogen (secondary N) is 2. The van der Waals surface area contributed by atoms with Crippen LogP contribution in [0.1, 0.15) is 27.4 Å². The first-order chi connectivity index (χ1) is 16.9. The van der Waals surface area contributed by atoms with Crippen molar-refractivity contribution in [2.45, 2.75) is 17.2 Å². The molecule has 2 amide bonds. The summed E-state index contributed by atoms with van der Waals surface area (Å²) in [5.74, 6) is -2.25. The number of non-ortho nitro benzene ring substituents is 1. The number of hydrogen-bond acceptors (Lipinski definition) is 4. The predicted molar refractivity (Wildman–Crippen MR) is 143 cm³/mol. The zero-order valence-corrected chi connectivity index (χ0v) is 22.1. The molecule has 4 rings (SSSR count). The maximum absolute atomic E-state index is 13.0. The van der Waals surface area contributed by atoms with Crippen LogP contribution in [-0.2, 0) is 4.79 Å². The van der Waals surface area contributed by atoms with Crippen molar-refractivity contribution in [2.75, 3.05) is 10.6 Å². The van der Waals surface area contributed by atoms with Crippen molar-refractivity contribution in [1.29, 1.82) is 0 Å². The molecule has 3 aromatic carbocycles. The van der Waals surface area contributed by atoms with Crippen LogP contribution < -0.4 is 10.6 Å². The number of amides is 2. The van der Waals surface area contributed by atoms with Gasteiger partial charge in [-0.1, -0.05) is 34.8 Å². The minimum absolute atomic E-state index is 0.125. The first kappa shape index (κ1) is 26.5. The van der Waals surface area contributed by atoms with Gasteiger partial charge in [-0.3, -0.25) is 19.7 Å². The van der Waals surface area contributed by atoms with Crippen LogP contribution in [0.25, 0.3) is 0 Å². The summed E-state index contributed by atoms with van der Waals surface area (Å²) in [6, 6.07) is 13.3. The average molecular weight is 588 g/mol. The fourth-order valence-corrected chi connectivity index (χ4v) is 5.48. The number of carbonyl (C=O) groups excluding carboxylic acids is 2. The molecule has 1 aliphatic rings. The topological polar surface area (TPSA) is 101 Å². The molecule has 0 spiro atoms. The lowest BCUT2D eigenvalue weighted by Gasteiger charge is -2.12. The van der Waals surface area contributed by atoms with Gasteiger partial charge >= 0.3 is 0 Å². The molecule has 1 aliphatic carbocycles. The number of halogens is 5. The van der Waals surface area contributed by atoms with Crippen molar-refractivity contribution < 1.29 is 14.5 Å². The molecule has 0 aliphatic heterocycles. The van der Waals surface area contributed by atoms with Gasteiger partial charge in [0.1, 0.15) is 4.33 Å². The molecule has 12 heteroatoms. The molecule has 0 heterocycles. The van der Waals surface area contributed by atoms with Gasteiger partial charge in [0.05, 0.1) is 21.6 Å². The molecule has 2 atom stereocenters. The Labute approximate surface area is 230 Å². The Hall–Kier alpha value is -2.55. The van der Waals surface area contributed by atoms with Crippen LogP contribution >= 0.6 is 58.0 Å². The van der Waals surface area contributed by atoms with E-state index in [1.54, 1.807) is 31.2 Å². The molecule has 3 aromatic rings. The van der Waals surface area contributed by atoms with E-state index >= 15 is 0 Å². The summed E-state index contributed by atoms with van der Waals surface area (Å²) in [5, 5.41) is 17.4. The lowest BCUT2D eigenvalue weighted by Crippen LogP contribution is -2.18. The second-order valence-electron chi connectivity index (χ2n) is 8.23. The second kappa shape index (κ2) is 10.1. The van der Waals surface area contributed by atoms with Crippen LogP contribution in [0.15, 0.2) is 54.6 Å². The Kier molecular flexibility index (Phi) is 7.42. The number of nitro benzene ring substituents is 1. The minimum atomic E-state index is -1.35. The van der Waals surface area contributed by atoms with Crippen molar-refractivity contribution >= 4 is 86.9 Å². The van der Waals surface area contributed by atoms with E-state index < -0.39 is 32.9 Å². The Morgan fingerprint density at radius 1 is 0.944 bits per heavy atom. The fraction of sp³-hybridized carbons (Fsp3) is 0.167. The molecule has 7 nitrogen and oxygen atoms in total. The molecule has 2 unspecified atom stereocenters. The van der Waals surface area contributed by atoms with E-state index in [4.69, 9.17) is 58.0 Å². The van der Waals surface area contributed by atoms with Crippen LogP contribution in [0.3, 0.4) is 0 Å². The summed E-state index contributed by atoms with van der Waals surface area (Å²) < 4.78 is -1.35. The van der Waals surface area contributed by atoms with Crippen LogP contribution in [0.2, 0.25) is 15.1 Å². The van der Waals surface area contributed by atoms with Crippen molar-refractivity contribution in [3.05, 3.63) is 96.5 Å². The highest BCUT2D eigenvalue weighted by atomic mass is 35.5. The molecule has 0 saturated heterocycles. The van der Waals surface area contributed by atoms with Gasteiger partial charge in [0.15, 0.2) is 0 Å². The smallest absolute Gasteiger partial charge is 0.269 e. The zero-order valence-electron chi connectivity index (χ0n) is 18.3. The van der Waals surface area contributed by atoms with Gasteiger partial charge in [-0.2, -0.15) is 0 Å². The van der Waals surface area contributed by atoms with Crippen molar-refractivity contribution in [1.82, 2.24) is 0 Å². The maximum atomic E-state index is 13.0. The van der Waals surface area contributed by atoms with Gasteiger partial charge in [-0.05, 0) is 60.5 Å². The first-order valence-electron chi connectivity index (χ1n) is 10.4. The van der Waals surface area contributed by atoms with Gasteiger partial charge < -0.3 is 10.6 Å². The van der Waals surface area contributed by atoms with Crippen LogP contribution in [-0.4, -0.2) is 21.1 Å². The third-order valence-electron chi connectivity index (χ3n) is 5.73. The monoisotopic (exact) mass is 585 g/mol. The highest BCUT2D eigenvalue weighted by Gasteiger charge is 2.67. The predicted octanol–water partition coefficient (Wildman–Crippen LogP) is 7.64. The highest BCUT2D eigenvalue weighted by molar-refractivity contribution is 6.53. The lowest BCUT2D eigenvalue weighted by atomic mass is 10.1. The average Bonchev–Trinajstić information content (AvgIpc) is 3.37. The molecule has 0 aromatic heterocycles. The van der Waals surface area contributed by atoms with Crippen LogP contribution in [0.5, 0.6) is 0 Å². The second-order valence-corrected chi connectivity index (χ2v) is 11.0. The Balaban J connectivity index is 1.50. The van der Waals surface area contributed by atoms with E-state index in [0.29, 0.717) is 26.9 Å². The molecular weight excluding hydrogens is 572 g/mol. The van der Waals surface area contributed by atoms with E-state index in [2.05, 4.69) is 10.6 Å². The van der Waals surface area contributed by atoms with E-state index in [0.717, 1.165) is 0 Å². The summed E-state index contributed by atoms with van der Waals surface area (Å²) in [4.78, 5) is 36.2. The Morgan fingerprint density at radius 3 is 2.22 bits per heavy atom. The van der Waals surface area contributed by atoms with Crippen LogP contribution in [0.4, 0.5) is 17.1 Å². The molecule has 1 saturated carbocycles. The summed E-state index contributed by atoms with van der Waals surface area (Å²) in [7, 11) is 0. The fourth-order valence-electron chi connectivity index (χ4n) is 3.95. The highest BCUT2D eigenvalue weighted by Crippen LogP contribution is 2.65. The van der Waals surface area contributed by atoms with Crippen molar-refractivity contribution in [3.63, 3.8) is 0 Å². The Morgan fingerprint density at radius 2 is 1.61 bits per heavy atom. The number of aryl methyl sites for hydroxylation is 1. The number of nitrogens with zero attached hydrogens (tertiary/aromatic N) is 1. The van der Waals surface area contributed by atoms with Gasteiger partial charge in [-0.25, -0.2) is 0 Å². The molecular formula is C24H16Cl5N3O4. The largest absolute Gasteiger partial charge is 0.326 e. The van der Waals surface area contributed by atoms with E-state index in [9.17, 15) is 19.7 Å². The third-order valence-corrected chi connectivity index (χ3v) is 7.43. The molecule has 0 bridgehead atoms. The zero-order chi connectivity index (χ0) is 26.4. The summed E-state index contributed by atoms with van der Waals surface area (Å²) >= 11 is 31.2. The number of nitro groups is 1. The lowest BCUT2D eigenvalue weighted by molar-refractivity contribution is -0.384. The van der Waals surface area contributed by atoms with Gasteiger partial charge in [0.2, 0.25) is 5.91 Å². The van der Waals surface area contributed by atoms with Crippen molar-refractivity contribution in [2.24, 2.45) is 5.92 Å². The van der Waals surface area contributed by atoms with E-state index in [1.165, 1.54) is 30.3 Å². The minimum Gasteiger partial charge on any atom is -0.326 e. The van der Waals surface area contributed by atoms with Crippen LogP contribution in [0, 0.1) is 23.0 Å². The first-order valence-corrected chi connectivity index (χ1v) is 12.3. The molecule has 0 radical (unpaired) electrons. The number of alkyl halides is 2.